The SMILES string of the molecule is CCC(C)NC(=O)/C=C/c1ccc(OC)cc1. The number of ether oxygens (including phenoxy) is 1. The molecule has 1 atom stereocenters. The van der Waals surface area contributed by atoms with Crippen LogP contribution in [0.3, 0.4) is 0 Å². The summed E-state index contributed by atoms with van der Waals surface area (Å²) in [4.78, 5) is 11.5. The van der Waals surface area contributed by atoms with Gasteiger partial charge in [-0.15, -0.1) is 0 Å². The lowest BCUT2D eigenvalue weighted by molar-refractivity contribution is -0.117. The van der Waals surface area contributed by atoms with E-state index in [0.29, 0.717) is 0 Å². The molecule has 3 heteroatoms. The van der Waals surface area contributed by atoms with Gasteiger partial charge in [-0.3, -0.25) is 4.79 Å². The minimum atomic E-state index is -0.0600. The molecule has 0 heterocycles. The summed E-state index contributed by atoms with van der Waals surface area (Å²) in [7, 11) is 1.63. The zero-order valence-electron chi connectivity index (χ0n) is 10.6. The molecule has 1 aromatic rings. The quantitative estimate of drug-likeness (QED) is 0.794. The molecular weight excluding hydrogens is 214 g/mol. The van der Waals surface area contributed by atoms with E-state index >= 15 is 0 Å². The lowest BCUT2D eigenvalue weighted by atomic mass is 10.2. The lowest BCUT2D eigenvalue weighted by Gasteiger charge is -2.08. The van der Waals surface area contributed by atoms with E-state index in [2.05, 4.69) is 5.32 Å². The van der Waals surface area contributed by atoms with E-state index in [-0.39, 0.29) is 11.9 Å². The van der Waals surface area contributed by atoms with Crippen LogP contribution in [0, 0.1) is 0 Å². The van der Waals surface area contributed by atoms with Gasteiger partial charge in [-0.05, 0) is 37.1 Å². The molecule has 1 unspecified atom stereocenters. The average Bonchev–Trinajstić information content (AvgIpc) is 2.36. The Morgan fingerprint density at radius 2 is 2.06 bits per heavy atom. The van der Waals surface area contributed by atoms with Crippen LogP contribution in [0.4, 0.5) is 0 Å². The van der Waals surface area contributed by atoms with Crippen molar-refractivity contribution in [3.8, 4) is 5.75 Å². The number of rotatable bonds is 5. The Morgan fingerprint density at radius 1 is 1.41 bits per heavy atom. The molecule has 17 heavy (non-hydrogen) atoms. The van der Waals surface area contributed by atoms with Crippen molar-refractivity contribution in [2.75, 3.05) is 7.11 Å². The first-order chi connectivity index (χ1) is 8.15. The van der Waals surface area contributed by atoms with Crippen LogP contribution in [0.2, 0.25) is 0 Å². The predicted octanol–water partition coefficient (Wildman–Crippen LogP) is 2.62. The van der Waals surface area contributed by atoms with E-state index in [1.54, 1.807) is 19.3 Å². The van der Waals surface area contributed by atoms with Crippen molar-refractivity contribution in [2.24, 2.45) is 0 Å². The number of carbonyl (C=O) groups excluding carboxylic acids is 1. The molecule has 0 bridgehead atoms. The summed E-state index contributed by atoms with van der Waals surface area (Å²) in [6.07, 6.45) is 4.27. The van der Waals surface area contributed by atoms with Gasteiger partial charge in [0.05, 0.1) is 7.11 Å². The van der Waals surface area contributed by atoms with Gasteiger partial charge in [-0.1, -0.05) is 19.1 Å². The molecule has 3 nitrogen and oxygen atoms in total. The standard InChI is InChI=1S/C14H19NO2/c1-4-11(2)15-14(16)10-7-12-5-8-13(17-3)9-6-12/h5-11H,4H2,1-3H3,(H,15,16)/b10-7+. The first kappa shape index (κ1) is 13.3. The maximum Gasteiger partial charge on any atom is 0.244 e. The van der Waals surface area contributed by atoms with Gasteiger partial charge in [0.15, 0.2) is 0 Å². The maximum atomic E-state index is 11.5. The molecule has 0 aliphatic heterocycles. The van der Waals surface area contributed by atoms with Gasteiger partial charge in [-0.25, -0.2) is 0 Å². The highest BCUT2D eigenvalue weighted by atomic mass is 16.5. The lowest BCUT2D eigenvalue weighted by Crippen LogP contribution is -2.30. The minimum absolute atomic E-state index is 0.0600. The van der Waals surface area contributed by atoms with Gasteiger partial charge < -0.3 is 10.1 Å². The van der Waals surface area contributed by atoms with Crippen molar-refractivity contribution in [2.45, 2.75) is 26.3 Å². The fourth-order valence-corrected chi connectivity index (χ4v) is 1.28. The summed E-state index contributed by atoms with van der Waals surface area (Å²) in [6.45, 7) is 4.03. The molecule has 1 amide bonds. The largest absolute Gasteiger partial charge is 0.497 e. The van der Waals surface area contributed by atoms with E-state index in [9.17, 15) is 4.79 Å². The molecule has 1 rings (SSSR count). The van der Waals surface area contributed by atoms with Crippen LogP contribution in [0.25, 0.3) is 6.08 Å². The third-order valence-electron chi connectivity index (χ3n) is 2.54. The number of hydrogen-bond acceptors (Lipinski definition) is 2. The Balaban J connectivity index is 2.54. The highest BCUT2D eigenvalue weighted by Crippen LogP contribution is 2.12. The Morgan fingerprint density at radius 3 is 2.59 bits per heavy atom. The van der Waals surface area contributed by atoms with Gasteiger partial charge in [0, 0.05) is 12.1 Å². The molecule has 0 spiro atoms. The molecular formula is C14H19NO2. The average molecular weight is 233 g/mol. The second kappa shape index (κ2) is 6.74. The van der Waals surface area contributed by atoms with Gasteiger partial charge in [0.1, 0.15) is 5.75 Å². The van der Waals surface area contributed by atoms with Crippen molar-refractivity contribution in [3.63, 3.8) is 0 Å². The van der Waals surface area contributed by atoms with E-state index in [1.165, 1.54) is 0 Å². The summed E-state index contributed by atoms with van der Waals surface area (Å²) in [5.41, 5.74) is 0.977. The summed E-state index contributed by atoms with van der Waals surface area (Å²) >= 11 is 0. The van der Waals surface area contributed by atoms with Crippen LogP contribution < -0.4 is 10.1 Å². The number of methoxy groups -OCH3 is 1. The second-order valence-electron chi connectivity index (χ2n) is 3.92. The topological polar surface area (TPSA) is 38.3 Å². The molecule has 0 saturated carbocycles. The van der Waals surface area contributed by atoms with Crippen molar-refractivity contribution in [3.05, 3.63) is 35.9 Å². The Kier molecular flexibility index (Phi) is 5.27. The number of nitrogens with one attached hydrogen (secondary N) is 1. The molecule has 0 fully saturated rings. The highest BCUT2D eigenvalue weighted by molar-refractivity contribution is 5.91. The normalized spacial score (nSPS) is 12.4. The first-order valence-electron chi connectivity index (χ1n) is 5.78. The first-order valence-corrected chi connectivity index (χ1v) is 5.78. The third-order valence-corrected chi connectivity index (χ3v) is 2.54. The fourth-order valence-electron chi connectivity index (χ4n) is 1.28. The third kappa shape index (κ3) is 4.72. The molecule has 1 aromatic carbocycles. The van der Waals surface area contributed by atoms with Crippen LogP contribution >= 0.6 is 0 Å². The fraction of sp³-hybridized carbons (Fsp3) is 0.357. The smallest absolute Gasteiger partial charge is 0.244 e. The second-order valence-corrected chi connectivity index (χ2v) is 3.92. The zero-order chi connectivity index (χ0) is 12.7. The Labute approximate surface area is 102 Å². The molecule has 0 aliphatic carbocycles. The monoisotopic (exact) mass is 233 g/mol. The van der Waals surface area contributed by atoms with Crippen LogP contribution in [-0.4, -0.2) is 19.1 Å². The summed E-state index contributed by atoms with van der Waals surface area (Å²) in [5.74, 6) is 0.751. The minimum Gasteiger partial charge on any atom is -0.497 e. The van der Waals surface area contributed by atoms with Gasteiger partial charge >= 0.3 is 0 Å². The number of benzene rings is 1. The van der Waals surface area contributed by atoms with E-state index in [4.69, 9.17) is 4.74 Å². The van der Waals surface area contributed by atoms with Crippen molar-refractivity contribution in [1.82, 2.24) is 5.32 Å². The molecule has 0 radical (unpaired) electrons. The molecule has 0 saturated heterocycles. The van der Waals surface area contributed by atoms with E-state index in [1.807, 2.05) is 38.1 Å². The van der Waals surface area contributed by atoms with Crippen LogP contribution in [0.1, 0.15) is 25.8 Å². The predicted molar refractivity (Wildman–Crippen MR) is 69.9 cm³/mol. The van der Waals surface area contributed by atoms with Crippen molar-refractivity contribution >= 4 is 12.0 Å². The van der Waals surface area contributed by atoms with Crippen molar-refractivity contribution < 1.29 is 9.53 Å². The summed E-state index contributed by atoms with van der Waals surface area (Å²) in [5, 5.41) is 2.87. The zero-order valence-corrected chi connectivity index (χ0v) is 10.6. The van der Waals surface area contributed by atoms with E-state index < -0.39 is 0 Å². The Hall–Kier alpha value is -1.77. The summed E-state index contributed by atoms with van der Waals surface area (Å²) < 4.78 is 5.06. The van der Waals surface area contributed by atoms with Crippen LogP contribution in [0.5, 0.6) is 5.75 Å². The van der Waals surface area contributed by atoms with Crippen molar-refractivity contribution in [1.29, 1.82) is 0 Å². The van der Waals surface area contributed by atoms with Crippen LogP contribution in [0.15, 0.2) is 30.3 Å². The molecule has 92 valence electrons. The Bertz CT molecular complexity index is 382. The number of carbonyl (C=O) groups is 1. The maximum absolute atomic E-state index is 11.5. The summed E-state index contributed by atoms with van der Waals surface area (Å²) in [6, 6.07) is 7.76. The highest BCUT2D eigenvalue weighted by Gasteiger charge is 2.00. The van der Waals surface area contributed by atoms with Gasteiger partial charge in [-0.2, -0.15) is 0 Å². The van der Waals surface area contributed by atoms with Gasteiger partial charge in [0.2, 0.25) is 5.91 Å². The molecule has 0 aromatic heterocycles. The molecule has 1 N–H and O–H groups in total. The number of amides is 1. The van der Waals surface area contributed by atoms with Gasteiger partial charge in [0.25, 0.3) is 0 Å². The van der Waals surface area contributed by atoms with Crippen LogP contribution in [-0.2, 0) is 4.79 Å². The number of hydrogen-bond donors (Lipinski definition) is 1. The van der Waals surface area contributed by atoms with E-state index in [0.717, 1.165) is 17.7 Å². The molecule has 0 aliphatic rings.